The monoisotopic (exact) mass is 1510 g/mol. The lowest BCUT2D eigenvalue weighted by atomic mass is 9.97. The van der Waals surface area contributed by atoms with E-state index in [-0.39, 0.29) is 36.3 Å². The summed E-state index contributed by atoms with van der Waals surface area (Å²) < 4.78 is 36.6. The zero-order chi connectivity index (χ0) is 79.7. The molecule has 20 nitrogen and oxygen atoms in total. The number of carbonyl (C=O) groups excluding carboxylic acids is 1. The molecule has 8 aromatic carbocycles. The number of pyridine rings is 4. The van der Waals surface area contributed by atoms with Crippen molar-refractivity contribution >= 4 is 61.3 Å². The highest BCUT2D eigenvalue weighted by Crippen LogP contribution is 2.33. The molecule has 0 saturated heterocycles. The van der Waals surface area contributed by atoms with Crippen molar-refractivity contribution in [3.63, 3.8) is 0 Å². The number of carbonyl (C=O) groups is 1. The fraction of sp³-hybridized carbons (Fsp3) is 0.202. The van der Waals surface area contributed by atoms with E-state index in [0.29, 0.717) is 5.56 Å². The second-order valence-electron chi connectivity index (χ2n) is 29.5. The van der Waals surface area contributed by atoms with E-state index in [1.807, 2.05) is 318 Å². The van der Waals surface area contributed by atoms with Crippen LogP contribution in [0.4, 0.5) is 0 Å². The number of Topliss-reactive ketones (excluding diaryl/α,β-unsaturated/α-hetero) is 1. The Bertz CT molecular complexity index is 6120. The predicted octanol–water partition coefficient (Wildman–Crippen LogP) is 21.2. The number of rotatable bonds is 20. The number of ether oxygens (including phenoxy) is 5. The van der Waals surface area contributed by atoms with Crippen LogP contribution >= 0.6 is 0 Å². The van der Waals surface area contributed by atoms with Crippen LogP contribution in [-0.2, 0) is 5.60 Å². The quantitative estimate of drug-likeness (QED) is 0.0677. The first kappa shape index (κ1) is 77.1. The molecule has 0 radical (unpaired) electrons. The average molecular weight is 1510 g/mol. The van der Waals surface area contributed by atoms with E-state index in [4.69, 9.17) is 43.6 Å². The molecule has 0 spiro atoms. The maximum Gasteiger partial charge on any atom is 0.165 e. The van der Waals surface area contributed by atoms with Crippen LogP contribution in [0, 0.1) is 0 Å². The molecule has 574 valence electrons. The van der Waals surface area contributed by atoms with E-state index in [2.05, 4.69) is 49.2 Å². The number of nitrogens with zero attached hydrogens (tertiary/aromatic N) is 12. The summed E-state index contributed by atoms with van der Waals surface area (Å²) >= 11 is 0. The highest BCUT2D eigenvalue weighted by atomic mass is 16.5. The largest absolute Gasteiger partial charge is 0.491 e. The van der Waals surface area contributed by atoms with Crippen molar-refractivity contribution in [3.8, 4) is 96.5 Å². The van der Waals surface area contributed by atoms with Crippen LogP contribution < -0.4 is 23.7 Å². The van der Waals surface area contributed by atoms with Gasteiger partial charge in [-0.25, -0.2) is 39.9 Å². The molecule has 20 heteroatoms. The number of aromatic nitrogens is 13. The number of aliphatic hydroxyl groups is 1. The van der Waals surface area contributed by atoms with E-state index < -0.39 is 5.60 Å². The minimum absolute atomic E-state index is 0.0536. The molecule has 0 aliphatic heterocycles. The molecule has 0 unspecified atom stereocenters. The van der Waals surface area contributed by atoms with Gasteiger partial charge in [-0.05, 0) is 284 Å². The van der Waals surface area contributed by atoms with Crippen molar-refractivity contribution in [3.05, 3.63) is 285 Å². The molecular weight excluding hydrogens is 1420 g/mol. The van der Waals surface area contributed by atoms with Gasteiger partial charge in [0.15, 0.2) is 28.4 Å². The van der Waals surface area contributed by atoms with Gasteiger partial charge in [-0.2, -0.15) is 0 Å². The number of H-pyrrole nitrogens is 1. The normalized spacial score (nSPS) is 11.5. The van der Waals surface area contributed by atoms with Crippen molar-refractivity contribution in [1.82, 2.24) is 63.1 Å². The Labute approximate surface area is 662 Å². The number of fused-ring (bicyclic) bond motifs is 5. The molecule has 0 aliphatic rings. The van der Waals surface area contributed by atoms with E-state index in [1.165, 1.54) is 5.39 Å². The number of ketones is 1. The van der Waals surface area contributed by atoms with E-state index in [0.717, 1.165) is 152 Å². The van der Waals surface area contributed by atoms with Crippen LogP contribution in [0.2, 0.25) is 0 Å². The third-order valence-electron chi connectivity index (χ3n) is 18.4. The molecule has 0 aliphatic carbocycles. The topological polar surface area (TPSA) is 222 Å². The molecule has 2 N–H and O–H groups in total. The van der Waals surface area contributed by atoms with Crippen molar-refractivity contribution in [1.29, 1.82) is 0 Å². The third-order valence-corrected chi connectivity index (χ3v) is 18.4. The lowest BCUT2D eigenvalue weighted by Gasteiger charge is -2.17. The Kier molecular flexibility index (Phi) is 23.0. The summed E-state index contributed by atoms with van der Waals surface area (Å²) in [6.45, 7) is 25.3. The van der Waals surface area contributed by atoms with E-state index in [1.54, 1.807) is 39.8 Å². The maximum absolute atomic E-state index is 11.5. The summed E-state index contributed by atoms with van der Waals surface area (Å²) in [7, 11) is 0. The third kappa shape index (κ3) is 18.4. The first-order valence-corrected chi connectivity index (χ1v) is 38.2. The van der Waals surface area contributed by atoms with Crippen LogP contribution in [0.25, 0.3) is 123 Å². The zero-order valence-corrected chi connectivity index (χ0v) is 66.1. The fourth-order valence-electron chi connectivity index (χ4n) is 12.9. The highest BCUT2D eigenvalue weighted by Gasteiger charge is 2.19. The van der Waals surface area contributed by atoms with Crippen LogP contribution in [0.3, 0.4) is 0 Å². The predicted molar refractivity (Wildman–Crippen MR) is 453 cm³/mol. The Balaban J connectivity index is 0.000000126. The minimum Gasteiger partial charge on any atom is -0.491 e. The Morgan fingerprint density at radius 2 is 0.614 bits per heavy atom. The molecule has 0 bridgehead atoms. The number of hydrogen-bond donors (Lipinski definition) is 2. The summed E-state index contributed by atoms with van der Waals surface area (Å²) in [5.74, 6) is 4.30. The number of benzene rings is 8. The van der Waals surface area contributed by atoms with Gasteiger partial charge >= 0.3 is 0 Å². The van der Waals surface area contributed by atoms with Gasteiger partial charge < -0.3 is 33.8 Å². The number of aromatic amines is 1. The van der Waals surface area contributed by atoms with Crippen LogP contribution in [0.5, 0.6) is 28.7 Å². The molecule has 17 rings (SSSR count). The molecule has 0 atom stereocenters. The van der Waals surface area contributed by atoms with Gasteiger partial charge in [0.05, 0.1) is 58.9 Å². The molecule has 9 heterocycles. The molecule has 0 amide bonds. The number of imidazole rings is 4. The summed E-state index contributed by atoms with van der Waals surface area (Å²) in [4.78, 5) is 52.1. The second kappa shape index (κ2) is 33.9. The van der Waals surface area contributed by atoms with Crippen LogP contribution in [0.15, 0.2) is 274 Å². The first-order chi connectivity index (χ1) is 55.0. The van der Waals surface area contributed by atoms with Crippen molar-refractivity contribution in [2.24, 2.45) is 0 Å². The average Bonchev–Trinajstić information content (AvgIpc) is 1.63. The SMILES string of the molecule is CC(=O)c1ccc(-c2ccc3ncn(-c4ccc(OC(C)C)cc4)c3n2)cc1.CC(C)Oc1ccc(-c2ccc3ncn(-c4ccc(OC(C)C)cc4)c3n2)cc1.CC(C)Oc1ccc(-n2cnc3ccc(-c4ccc(C(C)(C)O)cc4)nc32)cc1.CC(C)Oc1ccc(-n2cnc3ccc(-c4ccc5[nH]ccc5c4)nc32)cc1. The van der Waals surface area contributed by atoms with Gasteiger partial charge in [-0.3, -0.25) is 23.1 Å². The van der Waals surface area contributed by atoms with Gasteiger partial charge in [0.2, 0.25) is 0 Å². The minimum atomic E-state index is -0.861. The Morgan fingerprint density at radius 1 is 0.342 bits per heavy atom. The van der Waals surface area contributed by atoms with Crippen LogP contribution in [0.1, 0.15) is 106 Å². The second-order valence-corrected chi connectivity index (χ2v) is 29.5. The Hall–Kier alpha value is -13.6. The Morgan fingerprint density at radius 3 is 0.904 bits per heavy atom. The molecular formula is C94H91N13O7. The van der Waals surface area contributed by atoms with Gasteiger partial charge in [0.25, 0.3) is 0 Å². The lowest BCUT2D eigenvalue weighted by molar-refractivity contribution is 0.0786. The molecule has 9 aromatic heterocycles. The van der Waals surface area contributed by atoms with E-state index >= 15 is 0 Å². The summed E-state index contributed by atoms with van der Waals surface area (Å²) in [6, 6.07) is 79.5. The van der Waals surface area contributed by atoms with E-state index in [9.17, 15) is 9.90 Å². The number of hydrogen-bond acceptors (Lipinski definition) is 15. The van der Waals surface area contributed by atoms with Crippen molar-refractivity contribution in [2.45, 2.75) is 126 Å². The molecule has 0 saturated carbocycles. The lowest BCUT2D eigenvalue weighted by Crippen LogP contribution is -2.14. The summed E-state index contributed by atoms with van der Waals surface area (Å²) in [5, 5.41) is 11.3. The molecule has 17 aromatic rings. The molecule has 114 heavy (non-hydrogen) atoms. The van der Waals surface area contributed by atoms with Crippen molar-refractivity contribution < 1.29 is 33.6 Å². The van der Waals surface area contributed by atoms with Gasteiger partial charge in [-0.1, -0.05) is 54.6 Å². The smallest absolute Gasteiger partial charge is 0.165 e. The zero-order valence-electron chi connectivity index (χ0n) is 66.1. The van der Waals surface area contributed by atoms with Gasteiger partial charge in [0, 0.05) is 67.7 Å². The number of nitrogens with one attached hydrogen (secondary N) is 1. The first-order valence-electron chi connectivity index (χ1n) is 38.2. The van der Waals surface area contributed by atoms with Crippen LogP contribution in [-0.4, -0.2) is 105 Å². The van der Waals surface area contributed by atoms with Gasteiger partial charge in [-0.15, -0.1) is 0 Å². The summed E-state index contributed by atoms with van der Waals surface area (Å²) in [6.07, 6.45) is 9.87. The molecule has 0 fully saturated rings. The van der Waals surface area contributed by atoms with Gasteiger partial charge in [0.1, 0.15) is 76.1 Å². The summed E-state index contributed by atoms with van der Waals surface area (Å²) in [5.41, 5.74) is 20.0. The standard InChI is InChI=1S/2C24H25N3O2.C23H20N4O.C23H21N3O2/c1-16(2)28-20-9-5-18(6-10-20)22-13-14-23-24(26-22)27(15-25-23)19-7-11-21(12-8-19)29-17(3)4;1-16(2)29-20-11-9-19(10-12-20)27-15-25-22-14-13-21(26-23(22)27)17-5-7-18(8-6-17)24(3,4)28;1-15(2)28-19-6-4-18(5-7-19)27-14-25-22-10-9-21(26-23(22)27)16-3-8-20-17(13-16)11-12-24-20;1-15(2)28-20-10-8-19(9-11-20)26-14-24-22-13-12-21(25-23(22)26)18-6-4-17(5-7-18)16(3)27/h5-17H,1-4H3;5-16,28H,1-4H3;3-15,24H,1-2H3;4-15H,1-3H3. The highest BCUT2D eigenvalue weighted by molar-refractivity contribution is 5.94. The maximum atomic E-state index is 11.5. The van der Waals surface area contributed by atoms with Crippen molar-refractivity contribution in [2.75, 3.05) is 0 Å². The fourth-order valence-corrected chi connectivity index (χ4v) is 12.9.